The maximum Gasteiger partial charge on any atom is 0.201 e. The van der Waals surface area contributed by atoms with Crippen molar-refractivity contribution in [2.45, 2.75) is 32.1 Å². The Kier molecular flexibility index (Phi) is 3.61. The fourth-order valence-corrected chi connectivity index (χ4v) is 3.86. The molecular weight excluding hydrogens is 332 g/mol. The monoisotopic (exact) mass is 352 g/mol. The van der Waals surface area contributed by atoms with Crippen molar-refractivity contribution < 1.29 is 25.5 Å². The van der Waals surface area contributed by atoms with Crippen LogP contribution in [0.3, 0.4) is 0 Å². The molecule has 0 aromatic heterocycles. The Hall–Kier alpha value is -3.08. The molecule has 1 aliphatic carbocycles. The Labute approximate surface area is 150 Å². The third kappa shape index (κ3) is 2.10. The van der Waals surface area contributed by atoms with Gasteiger partial charge in [0, 0.05) is 16.5 Å². The number of hydrogen-bond donors (Lipinski definition) is 5. The molecule has 0 radical (unpaired) electrons. The molecule has 1 fully saturated rings. The summed E-state index contributed by atoms with van der Waals surface area (Å²) in [7, 11) is 0. The van der Waals surface area contributed by atoms with Gasteiger partial charge in [-0.3, -0.25) is 0 Å². The number of phenols is 5. The molecule has 1 aliphatic rings. The number of rotatable bonds is 2. The Morgan fingerprint density at radius 2 is 1.38 bits per heavy atom. The van der Waals surface area contributed by atoms with Crippen molar-refractivity contribution >= 4 is 10.8 Å². The number of hydrogen-bond acceptors (Lipinski definition) is 5. The lowest BCUT2D eigenvalue weighted by atomic mass is 9.75. The first-order valence-corrected chi connectivity index (χ1v) is 8.63. The molecule has 0 amide bonds. The van der Waals surface area contributed by atoms with Gasteiger partial charge in [0.1, 0.15) is 11.5 Å². The summed E-state index contributed by atoms with van der Waals surface area (Å²) in [6.07, 6.45) is 2.79. The summed E-state index contributed by atoms with van der Waals surface area (Å²) in [5.74, 6) is -1.99. The standard InChI is InChI=1S/C21H20O5/c1-10-13-14(11-8-5-9-11)18(23)15(12-6-3-2-4-7-12)19(24)16(13)20(25)21(26)17(10)22/h2-4,6-7,11,22-26H,5,8-9H2,1H3. The van der Waals surface area contributed by atoms with E-state index in [1.807, 2.05) is 6.07 Å². The van der Waals surface area contributed by atoms with Crippen molar-refractivity contribution in [1.29, 1.82) is 0 Å². The molecule has 5 N–H and O–H groups in total. The van der Waals surface area contributed by atoms with Crippen LogP contribution in [0.15, 0.2) is 30.3 Å². The van der Waals surface area contributed by atoms with Crippen LogP contribution in [0.5, 0.6) is 28.7 Å². The van der Waals surface area contributed by atoms with Crippen LogP contribution in [0, 0.1) is 6.92 Å². The van der Waals surface area contributed by atoms with Gasteiger partial charge < -0.3 is 25.5 Å². The zero-order valence-corrected chi connectivity index (χ0v) is 14.3. The Balaban J connectivity index is 2.22. The van der Waals surface area contributed by atoms with Crippen LogP contribution in [0.1, 0.15) is 36.3 Å². The lowest BCUT2D eigenvalue weighted by Gasteiger charge is -2.30. The number of phenolic OH excluding ortho intramolecular Hbond substituents is 5. The van der Waals surface area contributed by atoms with E-state index in [9.17, 15) is 25.5 Å². The van der Waals surface area contributed by atoms with Crippen LogP contribution in [-0.2, 0) is 0 Å². The minimum Gasteiger partial charge on any atom is -0.507 e. The first kappa shape index (κ1) is 16.4. The molecule has 3 aromatic rings. The van der Waals surface area contributed by atoms with Crippen molar-refractivity contribution in [2.24, 2.45) is 0 Å². The highest BCUT2D eigenvalue weighted by atomic mass is 16.3. The van der Waals surface area contributed by atoms with Crippen LogP contribution >= 0.6 is 0 Å². The molecule has 4 rings (SSSR count). The summed E-state index contributed by atoms with van der Waals surface area (Å²) in [6.45, 7) is 1.60. The van der Waals surface area contributed by atoms with Gasteiger partial charge in [-0.25, -0.2) is 0 Å². The SMILES string of the molecule is Cc1c(O)c(O)c(O)c2c(O)c(-c3ccccc3)c(O)c(C3CCC3)c12. The predicted molar refractivity (Wildman–Crippen MR) is 99.0 cm³/mol. The van der Waals surface area contributed by atoms with Gasteiger partial charge in [0.15, 0.2) is 11.5 Å². The van der Waals surface area contributed by atoms with Crippen LogP contribution in [0.25, 0.3) is 21.9 Å². The average Bonchev–Trinajstić information content (AvgIpc) is 2.59. The highest BCUT2D eigenvalue weighted by Crippen LogP contribution is 2.57. The minimum atomic E-state index is -0.672. The van der Waals surface area contributed by atoms with Crippen LogP contribution in [-0.4, -0.2) is 25.5 Å². The molecule has 5 heteroatoms. The number of fused-ring (bicyclic) bond motifs is 1. The highest BCUT2D eigenvalue weighted by Gasteiger charge is 2.32. The summed E-state index contributed by atoms with van der Waals surface area (Å²) in [5, 5.41) is 53.1. The Bertz CT molecular complexity index is 1020. The molecule has 3 aromatic carbocycles. The van der Waals surface area contributed by atoms with Gasteiger partial charge in [0.05, 0.1) is 10.9 Å². The maximum absolute atomic E-state index is 11.0. The van der Waals surface area contributed by atoms with Crippen molar-refractivity contribution in [3.63, 3.8) is 0 Å². The second-order valence-corrected chi connectivity index (χ2v) is 6.90. The molecule has 0 atom stereocenters. The summed E-state index contributed by atoms with van der Waals surface area (Å²) >= 11 is 0. The normalized spacial score (nSPS) is 14.5. The fraction of sp³-hybridized carbons (Fsp3) is 0.238. The topological polar surface area (TPSA) is 101 Å². The highest BCUT2D eigenvalue weighted by molar-refractivity contribution is 6.07. The van der Waals surface area contributed by atoms with E-state index in [4.69, 9.17) is 0 Å². The molecule has 0 spiro atoms. The summed E-state index contributed by atoms with van der Waals surface area (Å²) < 4.78 is 0. The smallest absolute Gasteiger partial charge is 0.201 e. The van der Waals surface area contributed by atoms with Gasteiger partial charge in [0.25, 0.3) is 0 Å². The number of aryl methyl sites for hydroxylation is 1. The third-order valence-electron chi connectivity index (χ3n) is 5.48. The van der Waals surface area contributed by atoms with E-state index < -0.39 is 17.2 Å². The van der Waals surface area contributed by atoms with E-state index in [1.165, 1.54) is 0 Å². The van der Waals surface area contributed by atoms with Gasteiger partial charge in [-0.2, -0.15) is 0 Å². The third-order valence-corrected chi connectivity index (χ3v) is 5.48. The van der Waals surface area contributed by atoms with Crippen LogP contribution < -0.4 is 0 Å². The van der Waals surface area contributed by atoms with Crippen molar-refractivity contribution in [3.8, 4) is 39.9 Å². The molecule has 0 aliphatic heterocycles. The molecule has 26 heavy (non-hydrogen) atoms. The second kappa shape index (κ2) is 5.73. The van der Waals surface area contributed by atoms with E-state index in [1.54, 1.807) is 31.2 Å². The Morgan fingerprint density at radius 3 is 1.96 bits per heavy atom. The molecule has 0 heterocycles. The molecule has 134 valence electrons. The predicted octanol–water partition coefficient (Wildman–Crippen LogP) is 4.61. The van der Waals surface area contributed by atoms with Gasteiger partial charge >= 0.3 is 0 Å². The van der Waals surface area contributed by atoms with E-state index in [0.29, 0.717) is 22.1 Å². The zero-order valence-electron chi connectivity index (χ0n) is 14.3. The molecule has 1 saturated carbocycles. The van der Waals surface area contributed by atoms with Crippen molar-refractivity contribution in [1.82, 2.24) is 0 Å². The van der Waals surface area contributed by atoms with Crippen molar-refractivity contribution in [3.05, 3.63) is 41.5 Å². The largest absolute Gasteiger partial charge is 0.507 e. The molecule has 0 unspecified atom stereocenters. The number of benzene rings is 3. The first-order valence-electron chi connectivity index (χ1n) is 8.63. The summed E-state index contributed by atoms with van der Waals surface area (Å²) in [4.78, 5) is 0. The fourth-order valence-electron chi connectivity index (χ4n) is 3.86. The minimum absolute atomic E-state index is 0.0431. The van der Waals surface area contributed by atoms with Gasteiger partial charge in [-0.05, 0) is 31.2 Å². The lowest BCUT2D eigenvalue weighted by Crippen LogP contribution is -2.10. The van der Waals surface area contributed by atoms with Gasteiger partial charge in [0.2, 0.25) is 5.75 Å². The number of aromatic hydroxyl groups is 5. The lowest BCUT2D eigenvalue weighted by molar-refractivity contribution is 0.367. The average molecular weight is 352 g/mol. The van der Waals surface area contributed by atoms with E-state index >= 15 is 0 Å². The molecular formula is C21H20O5. The quantitative estimate of drug-likeness (QED) is 0.434. The molecule has 0 bridgehead atoms. The van der Waals surface area contributed by atoms with Gasteiger partial charge in [-0.15, -0.1) is 0 Å². The van der Waals surface area contributed by atoms with E-state index in [-0.39, 0.29) is 28.4 Å². The summed E-state index contributed by atoms with van der Waals surface area (Å²) in [5.41, 5.74) is 1.75. The molecule has 0 saturated heterocycles. The second-order valence-electron chi connectivity index (χ2n) is 6.90. The summed E-state index contributed by atoms with van der Waals surface area (Å²) in [6, 6.07) is 8.93. The van der Waals surface area contributed by atoms with Crippen LogP contribution in [0.2, 0.25) is 0 Å². The first-order chi connectivity index (χ1) is 12.4. The Morgan fingerprint density at radius 1 is 0.731 bits per heavy atom. The van der Waals surface area contributed by atoms with E-state index in [2.05, 4.69) is 0 Å². The van der Waals surface area contributed by atoms with Gasteiger partial charge in [-0.1, -0.05) is 36.8 Å². The van der Waals surface area contributed by atoms with Crippen molar-refractivity contribution in [2.75, 3.05) is 0 Å². The zero-order chi connectivity index (χ0) is 18.6. The van der Waals surface area contributed by atoms with E-state index in [0.717, 1.165) is 19.3 Å². The molecule has 5 nitrogen and oxygen atoms in total. The van der Waals surface area contributed by atoms with Crippen LogP contribution in [0.4, 0.5) is 0 Å². The maximum atomic E-state index is 11.0.